The highest BCUT2D eigenvalue weighted by Crippen LogP contribution is 2.35. The monoisotopic (exact) mass is 204 g/mol. The van der Waals surface area contributed by atoms with Crippen molar-refractivity contribution in [3.8, 4) is 0 Å². The number of para-hydroxylation sites is 1. The fraction of sp³-hybridized carbons (Fsp3) is 0.538. The summed E-state index contributed by atoms with van der Waals surface area (Å²) in [4.78, 5) is 0. The van der Waals surface area contributed by atoms with Gasteiger partial charge in [-0.1, -0.05) is 26.0 Å². The zero-order valence-electron chi connectivity index (χ0n) is 9.85. The summed E-state index contributed by atoms with van der Waals surface area (Å²) in [5.41, 5.74) is 4.09. The van der Waals surface area contributed by atoms with E-state index in [1.165, 1.54) is 16.9 Å². The maximum absolute atomic E-state index is 3.72. The van der Waals surface area contributed by atoms with E-state index in [1.54, 1.807) is 0 Å². The van der Waals surface area contributed by atoms with Gasteiger partial charge in [0.2, 0.25) is 0 Å². The van der Waals surface area contributed by atoms with Crippen molar-refractivity contribution < 1.29 is 0 Å². The Kier molecular flexibility index (Phi) is 2.59. The van der Waals surface area contributed by atoms with Crippen LogP contribution >= 0.6 is 0 Å². The first-order chi connectivity index (χ1) is 7.21. The van der Waals surface area contributed by atoms with Gasteiger partial charge < -0.3 is 10.6 Å². The number of hydrogen-bond donors (Lipinski definition) is 2. The molecule has 2 rings (SSSR count). The van der Waals surface area contributed by atoms with Crippen LogP contribution in [0.2, 0.25) is 0 Å². The van der Waals surface area contributed by atoms with Crippen LogP contribution in [0.15, 0.2) is 18.2 Å². The molecule has 0 atom stereocenters. The van der Waals surface area contributed by atoms with Crippen LogP contribution in [-0.4, -0.2) is 12.1 Å². The maximum atomic E-state index is 3.72. The number of fused-ring (bicyclic) bond motifs is 1. The van der Waals surface area contributed by atoms with Crippen LogP contribution in [0, 0.1) is 6.92 Å². The second-order valence-corrected chi connectivity index (χ2v) is 4.46. The molecule has 2 heteroatoms. The average Bonchev–Trinajstić information content (AvgIpc) is 2.29. The van der Waals surface area contributed by atoms with Crippen molar-refractivity contribution in [2.24, 2.45) is 0 Å². The first kappa shape index (κ1) is 10.3. The fourth-order valence-corrected chi connectivity index (χ4v) is 2.23. The molecule has 0 saturated heterocycles. The van der Waals surface area contributed by atoms with Crippen molar-refractivity contribution in [2.75, 3.05) is 17.2 Å². The number of anilines is 2. The molecule has 0 fully saturated rings. The third-order valence-electron chi connectivity index (χ3n) is 3.63. The van der Waals surface area contributed by atoms with Crippen molar-refractivity contribution in [3.05, 3.63) is 23.8 Å². The molecule has 0 spiro atoms. The predicted molar refractivity (Wildman–Crippen MR) is 66.6 cm³/mol. The lowest BCUT2D eigenvalue weighted by Crippen LogP contribution is -2.47. The van der Waals surface area contributed by atoms with Crippen LogP contribution in [0.5, 0.6) is 0 Å². The highest BCUT2D eigenvalue weighted by atomic mass is 15.1. The standard InChI is InChI=1S/C13H20N2/c1-4-13(5-2)9-14-11-8-6-7-10(3)12(11)15-13/h6-8,14-15H,4-5,9H2,1-3H3. The van der Waals surface area contributed by atoms with Crippen molar-refractivity contribution in [2.45, 2.75) is 39.2 Å². The number of rotatable bonds is 2. The second kappa shape index (κ2) is 3.76. The van der Waals surface area contributed by atoms with E-state index < -0.39 is 0 Å². The number of benzene rings is 1. The summed E-state index contributed by atoms with van der Waals surface area (Å²) < 4.78 is 0. The zero-order valence-corrected chi connectivity index (χ0v) is 9.85. The highest BCUT2D eigenvalue weighted by molar-refractivity contribution is 5.75. The molecule has 0 unspecified atom stereocenters. The van der Waals surface area contributed by atoms with Gasteiger partial charge in [-0.25, -0.2) is 0 Å². The van der Waals surface area contributed by atoms with Gasteiger partial charge in [0.15, 0.2) is 0 Å². The van der Waals surface area contributed by atoms with Crippen molar-refractivity contribution in [1.82, 2.24) is 0 Å². The molecule has 0 radical (unpaired) electrons. The van der Waals surface area contributed by atoms with E-state index in [9.17, 15) is 0 Å². The van der Waals surface area contributed by atoms with Crippen LogP contribution < -0.4 is 10.6 Å². The molecule has 15 heavy (non-hydrogen) atoms. The summed E-state index contributed by atoms with van der Waals surface area (Å²) in [6.07, 6.45) is 2.31. The van der Waals surface area contributed by atoms with Gasteiger partial charge in [-0.3, -0.25) is 0 Å². The fourth-order valence-electron chi connectivity index (χ4n) is 2.23. The van der Waals surface area contributed by atoms with Crippen LogP contribution in [-0.2, 0) is 0 Å². The number of aryl methyl sites for hydroxylation is 1. The molecule has 1 aromatic carbocycles. The zero-order chi connectivity index (χ0) is 10.9. The predicted octanol–water partition coefficient (Wildman–Crippen LogP) is 3.39. The third-order valence-corrected chi connectivity index (χ3v) is 3.63. The van der Waals surface area contributed by atoms with Gasteiger partial charge >= 0.3 is 0 Å². The molecule has 2 nitrogen and oxygen atoms in total. The van der Waals surface area contributed by atoms with E-state index >= 15 is 0 Å². The summed E-state index contributed by atoms with van der Waals surface area (Å²) in [5, 5.41) is 7.25. The lowest BCUT2D eigenvalue weighted by Gasteiger charge is -2.40. The molecular formula is C13H20N2. The molecule has 0 amide bonds. The number of nitrogens with one attached hydrogen (secondary N) is 2. The van der Waals surface area contributed by atoms with Gasteiger partial charge in [-0.05, 0) is 31.4 Å². The molecule has 1 aliphatic heterocycles. The van der Waals surface area contributed by atoms with Gasteiger partial charge in [0.25, 0.3) is 0 Å². The molecule has 0 saturated carbocycles. The summed E-state index contributed by atoms with van der Waals surface area (Å²) in [5.74, 6) is 0. The molecule has 82 valence electrons. The van der Waals surface area contributed by atoms with Crippen LogP contribution in [0.25, 0.3) is 0 Å². The summed E-state index contributed by atoms with van der Waals surface area (Å²) in [7, 11) is 0. The molecule has 1 aromatic rings. The molecule has 0 bridgehead atoms. The van der Waals surface area contributed by atoms with E-state index in [0.29, 0.717) is 0 Å². The normalized spacial score (nSPS) is 17.5. The van der Waals surface area contributed by atoms with E-state index in [1.807, 2.05) is 0 Å². The lowest BCUT2D eigenvalue weighted by atomic mass is 9.89. The van der Waals surface area contributed by atoms with Gasteiger partial charge in [0, 0.05) is 6.54 Å². The molecule has 2 N–H and O–H groups in total. The van der Waals surface area contributed by atoms with Crippen LogP contribution in [0.4, 0.5) is 11.4 Å². The first-order valence-electron chi connectivity index (χ1n) is 5.82. The second-order valence-electron chi connectivity index (χ2n) is 4.46. The summed E-state index contributed by atoms with van der Waals surface area (Å²) >= 11 is 0. The van der Waals surface area contributed by atoms with Gasteiger partial charge in [-0.2, -0.15) is 0 Å². The Balaban J connectivity index is 2.36. The first-order valence-corrected chi connectivity index (χ1v) is 5.82. The summed E-state index contributed by atoms with van der Waals surface area (Å²) in [6, 6.07) is 6.41. The minimum Gasteiger partial charge on any atom is -0.381 e. The van der Waals surface area contributed by atoms with E-state index in [0.717, 1.165) is 19.4 Å². The Labute approximate surface area is 92.1 Å². The van der Waals surface area contributed by atoms with Gasteiger partial charge in [0.1, 0.15) is 0 Å². The largest absolute Gasteiger partial charge is 0.381 e. The minimum atomic E-state index is 0.235. The Morgan fingerprint density at radius 2 is 2.00 bits per heavy atom. The smallest absolute Gasteiger partial charge is 0.0610 e. The van der Waals surface area contributed by atoms with Crippen molar-refractivity contribution in [3.63, 3.8) is 0 Å². The molecule has 0 aliphatic carbocycles. The van der Waals surface area contributed by atoms with Gasteiger partial charge in [-0.15, -0.1) is 0 Å². The molecule has 1 heterocycles. The van der Waals surface area contributed by atoms with E-state index in [2.05, 4.69) is 49.6 Å². The van der Waals surface area contributed by atoms with Gasteiger partial charge in [0.05, 0.1) is 16.9 Å². The Morgan fingerprint density at radius 3 is 2.67 bits per heavy atom. The Hall–Kier alpha value is -1.18. The van der Waals surface area contributed by atoms with Crippen molar-refractivity contribution in [1.29, 1.82) is 0 Å². The highest BCUT2D eigenvalue weighted by Gasteiger charge is 2.30. The third kappa shape index (κ3) is 1.69. The summed E-state index contributed by atoms with van der Waals surface area (Å²) in [6.45, 7) is 7.69. The molecular weight excluding hydrogens is 184 g/mol. The SMILES string of the molecule is CCC1(CC)CNc2cccc(C)c2N1. The topological polar surface area (TPSA) is 24.1 Å². The van der Waals surface area contributed by atoms with Crippen LogP contribution in [0.1, 0.15) is 32.3 Å². The van der Waals surface area contributed by atoms with Crippen LogP contribution in [0.3, 0.4) is 0 Å². The Bertz CT molecular complexity index is 354. The van der Waals surface area contributed by atoms with E-state index in [-0.39, 0.29) is 5.54 Å². The maximum Gasteiger partial charge on any atom is 0.0610 e. The Morgan fingerprint density at radius 1 is 1.27 bits per heavy atom. The number of hydrogen-bond acceptors (Lipinski definition) is 2. The lowest BCUT2D eigenvalue weighted by molar-refractivity contribution is 0.451. The minimum absolute atomic E-state index is 0.235. The molecule has 0 aromatic heterocycles. The molecule has 1 aliphatic rings. The average molecular weight is 204 g/mol. The van der Waals surface area contributed by atoms with E-state index in [4.69, 9.17) is 0 Å². The quantitative estimate of drug-likeness (QED) is 0.771. The van der Waals surface area contributed by atoms with Crippen molar-refractivity contribution >= 4 is 11.4 Å².